The minimum atomic E-state index is -0.428. The van der Waals surface area contributed by atoms with Crippen LogP contribution in [-0.2, 0) is 27.8 Å². The van der Waals surface area contributed by atoms with E-state index in [-0.39, 0.29) is 17.9 Å². The maximum absolute atomic E-state index is 12.5. The number of carbonyl (C=O) groups excluding carboxylic acids is 2. The first-order valence-corrected chi connectivity index (χ1v) is 8.65. The van der Waals surface area contributed by atoms with E-state index >= 15 is 0 Å². The molecule has 0 radical (unpaired) electrons. The number of carbonyl (C=O) groups is 2. The van der Waals surface area contributed by atoms with Gasteiger partial charge in [-0.2, -0.15) is 5.10 Å². The van der Waals surface area contributed by atoms with Crippen LogP contribution < -0.4 is 5.73 Å². The van der Waals surface area contributed by atoms with Gasteiger partial charge in [-0.3, -0.25) is 14.3 Å². The van der Waals surface area contributed by atoms with Crippen molar-refractivity contribution >= 4 is 11.8 Å². The Morgan fingerprint density at radius 2 is 2.00 bits per heavy atom. The van der Waals surface area contributed by atoms with Crippen molar-refractivity contribution in [2.75, 3.05) is 13.1 Å². The van der Waals surface area contributed by atoms with Gasteiger partial charge in [0.1, 0.15) is 6.10 Å². The average molecular weight is 334 g/mol. The molecule has 2 aliphatic heterocycles. The topological polar surface area (TPSA) is 90.5 Å². The van der Waals surface area contributed by atoms with Crippen LogP contribution in [-0.4, -0.2) is 51.8 Å². The third-order valence-electron chi connectivity index (χ3n) is 5.24. The van der Waals surface area contributed by atoms with Gasteiger partial charge in [0.15, 0.2) is 0 Å². The summed E-state index contributed by atoms with van der Waals surface area (Å²) < 4.78 is 7.53. The Morgan fingerprint density at radius 3 is 2.54 bits per heavy atom. The fourth-order valence-electron chi connectivity index (χ4n) is 3.84. The van der Waals surface area contributed by atoms with E-state index in [2.05, 4.69) is 5.10 Å². The predicted octanol–water partition coefficient (Wildman–Crippen LogP) is 0.543. The highest BCUT2D eigenvalue weighted by Crippen LogP contribution is 2.31. The number of hydrogen-bond donors (Lipinski definition) is 1. The molecule has 7 heteroatoms. The van der Waals surface area contributed by atoms with Crippen LogP contribution >= 0.6 is 0 Å². The molecule has 0 aromatic carbocycles. The van der Waals surface area contributed by atoms with Crippen molar-refractivity contribution in [1.29, 1.82) is 0 Å². The van der Waals surface area contributed by atoms with Gasteiger partial charge in [0.2, 0.25) is 11.8 Å². The fraction of sp³-hybridized carbons (Fsp3) is 0.706. The maximum Gasteiger partial charge on any atom is 0.246 e. The lowest BCUT2D eigenvalue weighted by Gasteiger charge is -2.34. The zero-order chi connectivity index (χ0) is 17.3. The van der Waals surface area contributed by atoms with Crippen molar-refractivity contribution in [3.63, 3.8) is 0 Å². The van der Waals surface area contributed by atoms with Gasteiger partial charge in [0.25, 0.3) is 0 Å². The molecule has 3 rings (SSSR count). The number of rotatable bonds is 4. The molecule has 2 saturated heterocycles. The smallest absolute Gasteiger partial charge is 0.246 e. The lowest BCUT2D eigenvalue weighted by atomic mass is 9.89. The van der Waals surface area contributed by atoms with Crippen molar-refractivity contribution in [3.8, 4) is 0 Å². The monoisotopic (exact) mass is 334 g/mol. The molecule has 0 bridgehead atoms. The van der Waals surface area contributed by atoms with Gasteiger partial charge in [-0.15, -0.1) is 0 Å². The molecule has 0 unspecified atom stereocenters. The zero-order valence-electron chi connectivity index (χ0n) is 14.4. The van der Waals surface area contributed by atoms with E-state index in [4.69, 9.17) is 10.5 Å². The van der Waals surface area contributed by atoms with Crippen molar-refractivity contribution < 1.29 is 14.3 Å². The normalized spacial score (nSPS) is 25.2. The molecule has 24 heavy (non-hydrogen) atoms. The summed E-state index contributed by atoms with van der Waals surface area (Å²) in [5.74, 6) is 0.211. The molecule has 0 saturated carbocycles. The molecule has 132 valence electrons. The first-order valence-electron chi connectivity index (χ1n) is 8.65. The molecule has 2 amide bonds. The molecule has 0 aliphatic carbocycles. The summed E-state index contributed by atoms with van der Waals surface area (Å²) in [6, 6.07) is 0. The number of amides is 2. The summed E-state index contributed by atoms with van der Waals surface area (Å²) in [6.07, 6.45) is 5.47. The molecule has 0 spiro atoms. The number of aromatic nitrogens is 2. The van der Waals surface area contributed by atoms with Crippen molar-refractivity contribution in [1.82, 2.24) is 14.7 Å². The Bertz CT molecular complexity index is 619. The van der Waals surface area contributed by atoms with Crippen LogP contribution in [0.2, 0.25) is 0 Å². The van der Waals surface area contributed by atoms with Gasteiger partial charge in [-0.25, -0.2) is 0 Å². The Morgan fingerprint density at radius 1 is 1.29 bits per heavy atom. The first-order chi connectivity index (χ1) is 11.4. The van der Waals surface area contributed by atoms with E-state index < -0.39 is 6.10 Å². The third kappa shape index (κ3) is 3.61. The van der Waals surface area contributed by atoms with Crippen LogP contribution in [0.1, 0.15) is 36.9 Å². The SMILES string of the molecule is Cc1nn(C)cc1CC(=O)N1CCC([C@@H]2CC[C@H](C(N)=O)O2)CC1. The minimum absolute atomic E-state index is 0.111. The number of nitrogens with two attached hydrogens (primary N) is 1. The standard InChI is InChI=1S/C17H26N4O3/c1-11-13(10-20(2)19-11)9-16(22)21-7-5-12(6-8-21)14-3-4-15(24-14)17(18)23/h10,12,14-15H,3-9H2,1-2H3,(H2,18,23)/t14-,15+/m0/s1. The summed E-state index contributed by atoms with van der Waals surface area (Å²) >= 11 is 0. The summed E-state index contributed by atoms with van der Waals surface area (Å²) in [4.78, 5) is 25.6. The molecular weight excluding hydrogens is 308 g/mol. The maximum atomic E-state index is 12.5. The molecule has 1 aromatic rings. The van der Waals surface area contributed by atoms with Crippen LogP contribution in [0.4, 0.5) is 0 Å². The summed E-state index contributed by atoms with van der Waals surface area (Å²) in [6.45, 7) is 3.44. The van der Waals surface area contributed by atoms with Gasteiger partial charge < -0.3 is 15.4 Å². The van der Waals surface area contributed by atoms with Crippen LogP contribution in [0.3, 0.4) is 0 Å². The molecule has 2 fully saturated rings. The number of nitrogens with zero attached hydrogens (tertiary/aromatic N) is 3. The Balaban J connectivity index is 1.49. The van der Waals surface area contributed by atoms with Crippen molar-refractivity contribution in [2.45, 2.75) is 51.2 Å². The number of aryl methyl sites for hydroxylation is 2. The van der Waals surface area contributed by atoms with E-state index in [9.17, 15) is 9.59 Å². The Labute approximate surface area is 142 Å². The zero-order valence-corrected chi connectivity index (χ0v) is 14.4. The van der Waals surface area contributed by atoms with Gasteiger partial charge in [0.05, 0.1) is 18.2 Å². The fourth-order valence-corrected chi connectivity index (χ4v) is 3.84. The molecule has 2 aliphatic rings. The van der Waals surface area contributed by atoms with Gasteiger partial charge in [0, 0.05) is 31.9 Å². The number of hydrogen-bond acceptors (Lipinski definition) is 4. The van der Waals surface area contributed by atoms with Gasteiger partial charge in [-0.1, -0.05) is 0 Å². The lowest BCUT2D eigenvalue weighted by molar-refractivity contribution is -0.133. The Hall–Kier alpha value is -1.89. The van der Waals surface area contributed by atoms with E-state index in [1.165, 1.54) is 0 Å². The first kappa shape index (κ1) is 17.0. The minimum Gasteiger partial charge on any atom is -0.367 e. The van der Waals surface area contributed by atoms with E-state index in [1.54, 1.807) is 4.68 Å². The highest BCUT2D eigenvalue weighted by molar-refractivity contribution is 5.79. The predicted molar refractivity (Wildman–Crippen MR) is 88.0 cm³/mol. The molecule has 1 aromatic heterocycles. The van der Waals surface area contributed by atoms with Crippen LogP contribution in [0.15, 0.2) is 6.20 Å². The summed E-state index contributed by atoms with van der Waals surface area (Å²) in [5, 5.41) is 4.29. The van der Waals surface area contributed by atoms with E-state index in [0.717, 1.165) is 50.0 Å². The number of ether oxygens (including phenoxy) is 1. The number of primary amides is 1. The second-order valence-electron chi connectivity index (χ2n) is 6.95. The lowest BCUT2D eigenvalue weighted by Crippen LogP contribution is -2.42. The highest BCUT2D eigenvalue weighted by atomic mass is 16.5. The molecule has 2 atom stereocenters. The average Bonchev–Trinajstić information content (AvgIpc) is 3.15. The Kier molecular flexibility index (Phi) is 4.89. The van der Waals surface area contributed by atoms with Crippen LogP contribution in [0.25, 0.3) is 0 Å². The largest absolute Gasteiger partial charge is 0.367 e. The third-order valence-corrected chi connectivity index (χ3v) is 5.24. The van der Waals surface area contributed by atoms with Gasteiger partial charge >= 0.3 is 0 Å². The van der Waals surface area contributed by atoms with Crippen LogP contribution in [0.5, 0.6) is 0 Å². The summed E-state index contributed by atoms with van der Waals surface area (Å²) in [5.41, 5.74) is 7.22. The quantitative estimate of drug-likeness (QED) is 0.870. The van der Waals surface area contributed by atoms with E-state index in [0.29, 0.717) is 12.3 Å². The molecule has 2 N–H and O–H groups in total. The highest BCUT2D eigenvalue weighted by Gasteiger charge is 2.36. The van der Waals surface area contributed by atoms with Crippen molar-refractivity contribution in [3.05, 3.63) is 17.5 Å². The van der Waals surface area contributed by atoms with E-state index in [1.807, 2.05) is 25.1 Å². The van der Waals surface area contributed by atoms with Gasteiger partial charge in [-0.05, 0) is 38.5 Å². The molecular formula is C17H26N4O3. The molecule has 7 nitrogen and oxygen atoms in total. The summed E-state index contributed by atoms with van der Waals surface area (Å²) in [7, 11) is 1.87. The molecule has 3 heterocycles. The number of piperidine rings is 1. The van der Waals surface area contributed by atoms with Crippen LogP contribution in [0, 0.1) is 12.8 Å². The number of likely N-dealkylation sites (tertiary alicyclic amines) is 1. The second-order valence-corrected chi connectivity index (χ2v) is 6.95. The van der Waals surface area contributed by atoms with Crippen molar-refractivity contribution in [2.24, 2.45) is 18.7 Å². The second kappa shape index (κ2) is 6.93.